The van der Waals surface area contributed by atoms with Crippen molar-refractivity contribution in [3.63, 3.8) is 0 Å². The van der Waals surface area contributed by atoms with Crippen molar-refractivity contribution in [1.82, 2.24) is 9.80 Å². The molecule has 0 bridgehead atoms. The monoisotopic (exact) mass is 393 g/mol. The van der Waals surface area contributed by atoms with Gasteiger partial charge in [-0.15, -0.1) is 0 Å². The Morgan fingerprint density at radius 2 is 1.48 bits per heavy atom. The summed E-state index contributed by atoms with van der Waals surface area (Å²) >= 11 is 0. The molecule has 1 fully saturated rings. The highest BCUT2D eigenvalue weighted by atomic mass is 16.2. The molecule has 2 aromatic carbocycles. The minimum atomic E-state index is -0.238. The van der Waals surface area contributed by atoms with Crippen LogP contribution in [-0.2, 0) is 4.79 Å². The second-order valence-electron chi connectivity index (χ2n) is 7.45. The van der Waals surface area contributed by atoms with E-state index in [1.165, 1.54) is 0 Å². The Bertz CT molecular complexity index is 808. The van der Waals surface area contributed by atoms with Crippen LogP contribution < -0.4 is 4.90 Å². The van der Waals surface area contributed by atoms with Crippen LogP contribution in [0.5, 0.6) is 0 Å². The third-order valence-corrected chi connectivity index (χ3v) is 5.74. The molecule has 1 aliphatic heterocycles. The van der Waals surface area contributed by atoms with Gasteiger partial charge in [0.05, 0.1) is 0 Å². The van der Waals surface area contributed by atoms with E-state index in [0.717, 1.165) is 56.1 Å². The summed E-state index contributed by atoms with van der Waals surface area (Å²) < 4.78 is 0. The highest BCUT2D eigenvalue weighted by Gasteiger charge is 2.32. The zero-order valence-corrected chi connectivity index (χ0v) is 17.7. The molecule has 0 radical (unpaired) electrons. The van der Waals surface area contributed by atoms with Crippen LogP contribution in [-0.4, -0.2) is 60.8 Å². The SMILES string of the molecule is CCN(CC)C(=O)[C@H](c1ccccc1)N1CCN(c2ccc(C(C)=O)cc2)CC1. The quantitative estimate of drug-likeness (QED) is 0.674. The molecule has 154 valence electrons. The Labute approximate surface area is 173 Å². The average Bonchev–Trinajstić information content (AvgIpc) is 2.76. The number of ketones is 1. The predicted octanol–water partition coefficient (Wildman–Crippen LogP) is 3.62. The zero-order valence-electron chi connectivity index (χ0n) is 17.7. The number of amides is 1. The summed E-state index contributed by atoms with van der Waals surface area (Å²) in [5.74, 6) is 0.266. The van der Waals surface area contributed by atoms with E-state index in [1.54, 1.807) is 6.92 Å². The van der Waals surface area contributed by atoms with Crippen LogP contribution in [0.2, 0.25) is 0 Å². The summed E-state index contributed by atoms with van der Waals surface area (Å²) in [7, 11) is 0. The minimum absolute atomic E-state index is 0.0852. The highest BCUT2D eigenvalue weighted by Crippen LogP contribution is 2.26. The van der Waals surface area contributed by atoms with Crippen LogP contribution in [0.4, 0.5) is 5.69 Å². The lowest BCUT2D eigenvalue weighted by Crippen LogP contribution is -2.51. The lowest BCUT2D eigenvalue weighted by molar-refractivity contribution is -0.137. The molecule has 2 aromatic rings. The van der Waals surface area contributed by atoms with E-state index in [0.29, 0.717) is 0 Å². The van der Waals surface area contributed by atoms with Crippen molar-refractivity contribution < 1.29 is 9.59 Å². The van der Waals surface area contributed by atoms with Crippen LogP contribution in [0, 0.1) is 0 Å². The summed E-state index contributed by atoms with van der Waals surface area (Å²) in [6.45, 7) is 10.5. The van der Waals surface area contributed by atoms with Gasteiger partial charge < -0.3 is 9.80 Å². The van der Waals surface area contributed by atoms with Crippen molar-refractivity contribution in [2.24, 2.45) is 0 Å². The maximum Gasteiger partial charge on any atom is 0.244 e. The molecule has 0 unspecified atom stereocenters. The van der Waals surface area contributed by atoms with Gasteiger partial charge in [0, 0.05) is 50.5 Å². The van der Waals surface area contributed by atoms with Crippen molar-refractivity contribution in [2.45, 2.75) is 26.8 Å². The zero-order chi connectivity index (χ0) is 20.8. The first kappa shape index (κ1) is 21.1. The molecule has 3 rings (SSSR count). The Morgan fingerprint density at radius 3 is 2.00 bits per heavy atom. The summed E-state index contributed by atoms with van der Waals surface area (Å²) in [5, 5.41) is 0. The molecule has 5 nitrogen and oxygen atoms in total. The fraction of sp³-hybridized carbons (Fsp3) is 0.417. The van der Waals surface area contributed by atoms with Gasteiger partial charge >= 0.3 is 0 Å². The number of Topliss-reactive ketones (excluding diaryl/α,β-unsaturated/α-hetero) is 1. The standard InChI is InChI=1S/C24H31N3O2/c1-4-25(5-2)24(29)23(21-9-7-6-8-10-21)27-17-15-26(16-18-27)22-13-11-20(12-14-22)19(3)28/h6-14,23H,4-5,15-18H2,1-3H3/t23-/m0/s1. The number of nitrogens with zero attached hydrogens (tertiary/aromatic N) is 3. The van der Waals surface area contributed by atoms with E-state index in [9.17, 15) is 9.59 Å². The summed E-state index contributed by atoms with van der Waals surface area (Å²) in [5.41, 5.74) is 2.92. The van der Waals surface area contributed by atoms with Crippen molar-refractivity contribution >= 4 is 17.4 Å². The van der Waals surface area contributed by atoms with E-state index in [-0.39, 0.29) is 17.7 Å². The van der Waals surface area contributed by atoms with Crippen LogP contribution in [0.3, 0.4) is 0 Å². The minimum Gasteiger partial charge on any atom is -0.369 e. The second-order valence-corrected chi connectivity index (χ2v) is 7.45. The van der Waals surface area contributed by atoms with Crippen molar-refractivity contribution in [3.8, 4) is 0 Å². The number of likely N-dealkylation sites (N-methyl/N-ethyl adjacent to an activating group) is 1. The lowest BCUT2D eigenvalue weighted by atomic mass is 10.0. The van der Waals surface area contributed by atoms with E-state index < -0.39 is 0 Å². The topological polar surface area (TPSA) is 43.9 Å². The molecule has 1 amide bonds. The van der Waals surface area contributed by atoms with Gasteiger partial charge in [-0.2, -0.15) is 0 Å². The van der Waals surface area contributed by atoms with Gasteiger partial charge in [-0.3, -0.25) is 14.5 Å². The van der Waals surface area contributed by atoms with E-state index >= 15 is 0 Å². The number of carbonyl (C=O) groups is 2. The molecular formula is C24H31N3O2. The van der Waals surface area contributed by atoms with Crippen LogP contribution in [0.1, 0.15) is 42.7 Å². The first-order valence-electron chi connectivity index (χ1n) is 10.5. The Balaban J connectivity index is 1.74. The first-order valence-corrected chi connectivity index (χ1v) is 10.5. The fourth-order valence-electron chi connectivity index (χ4n) is 4.00. The number of carbonyl (C=O) groups excluding carboxylic acids is 2. The van der Waals surface area contributed by atoms with Crippen LogP contribution in [0.25, 0.3) is 0 Å². The van der Waals surface area contributed by atoms with E-state index in [4.69, 9.17) is 0 Å². The van der Waals surface area contributed by atoms with E-state index in [1.807, 2.05) is 61.2 Å². The molecule has 1 atom stereocenters. The molecule has 0 saturated carbocycles. The molecule has 0 aliphatic carbocycles. The Morgan fingerprint density at radius 1 is 0.897 bits per heavy atom. The summed E-state index contributed by atoms with van der Waals surface area (Å²) in [6.07, 6.45) is 0. The lowest BCUT2D eigenvalue weighted by Gasteiger charge is -2.41. The van der Waals surface area contributed by atoms with E-state index in [2.05, 4.69) is 21.9 Å². The number of anilines is 1. The van der Waals surface area contributed by atoms with Gasteiger partial charge in [-0.25, -0.2) is 0 Å². The van der Waals surface area contributed by atoms with Gasteiger partial charge in [0.15, 0.2) is 5.78 Å². The number of piperazine rings is 1. The number of benzene rings is 2. The van der Waals surface area contributed by atoms with Crippen molar-refractivity contribution in [3.05, 3.63) is 65.7 Å². The third kappa shape index (κ3) is 4.85. The van der Waals surface area contributed by atoms with Crippen LogP contribution >= 0.6 is 0 Å². The van der Waals surface area contributed by atoms with Crippen molar-refractivity contribution in [1.29, 1.82) is 0 Å². The predicted molar refractivity (Wildman–Crippen MR) is 117 cm³/mol. The molecule has 0 aromatic heterocycles. The maximum atomic E-state index is 13.3. The molecule has 1 heterocycles. The molecule has 1 saturated heterocycles. The van der Waals surface area contributed by atoms with Gasteiger partial charge in [-0.05, 0) is 50.6 Å². The molecule has 5 heteroatoms. The number of hydrogen-bond donors (Lipinski definition) is 0. The molecule has 0 N–H and O–H groups in total. The average molecular weight is 394 g/mol. The molecule has 29 heavy (non-hydrogen) atoms. The van der Waals surface area contributed by atoms with Gasteiger partial charge in [-0.1, -0.05) is 30.3 Å². The Hall–Kier alpha value is -2.66. The number of hydrogen-bond acceptors (Lipinski definition) is 4. The second kappa shape index (κ2) is 9.70. The molecule has 0 spiro atoms. The summed E-state index contributed by atoms with van der Waals surface area (Å²) in [4.78, 5) is 31.3. The number of rotatable bonds is 7. The fourth-order valence-corrected chi connectivity index (χ4v) is 4.00. The highest BCUT2D eigenvalue weighted by molar-refractivity contribution is 5.94. The first-order chi connectivity index (χ1) is 14.0. The Kier molecular flexibility index (Phi) is 7.04. The third-order valence-electron chi connectivity index (χ3n) is 5.74. The molecular weight excluding hydrogens is 362 g/mol. The maximum absolute atomic E-state index is 13.3. The smallest absolute Gasteiger partial charge is 0.244 e. The molecule has 1 aliphatic rings. The van der Waals surface area contributed by atoms with Crippen molar-refractivity contribution in [2.75, 3.05) is 44.2 Å². The van der Waals surface area contributed by atoms with Crippen LogP contribution in [0.15, 0.2) is 54.6 Å². The summed E-state index contributed by atoms with van der Waals surface area (Å²) in [6, 6.07) is 17.7. The van der Waals surface area contributed by atoms with Gasteiger partial charge in [0.25, 0.3) is 0 Å². The normalized spacial score (nSPS) is 15.8. The van der Waals surface area contributed by atoms with Gasteiger partial charge in [0.2, 0.25) is 5.91 Å². The largest absolute Gasteiger partial charge is 0.369 e. The van der Waals surface area contributed by atoms with Gasteiger partial charge in [0.1, 0.15) is 6.04 Å².